The molecule has 0 aliphatic carbocycles. The van der Waals surface area contributed by atoms with E-state index in [-0.39, 0.29) is 5.91 Å². The highest BCUT2D eigenvalue weighted by Crippen LogP contribution is 2.17. The van der Waals surface area contributed by atoms with Crippen molar-refractivity contribution < 1.29 is 14.3 Å². The second kappa shape index (κ2) is 8.58. The predicted octanol–water partition coefficient (Wildman–Crippen LogP) is 3.47. The van der Waals surface area contributed by atoms with Crippen LogP contribution in [-0.2, 0) is 11.3 Å². The Morgan fingerprint density at radius 2 is 1.96 bits per heavy atom. The van der Waals surface area contributed by atoms with Gasteiger partial charge < -0.3 is 14.8 Å². The Morgan fingerprint density at radius 3 is 2.69 bits per heavy atom. The summed E-state index contributed by atoms with van der Waals surface area (Å²) in [6.45, 7) is 0.847. The van der Waals surface area contributed by atoms with Crippen LogP contribution in [0.1, 0.15) is 18.5 Å². The van der Waals surface area contributed by atoms with Gasteiger partial charge in [-0.2, -0.15) is 0 Å². The minimum absolute atomic E-state index is 0.0357. The highest BCUT2D eigenvalue weighted by molar-refractivity contribution is 6.29. The van der Waals surface area contributed by atoms with Gasteiger partial charge in [-0.25, -0.2) is 4.98 Å². The first kappa shape index (κ1) is 18.1. The second-order valence-electron chi connectivity index (χ2n) is 5.71. The lowest BCUT2D eigenvalue weighted by Crippen LogP contribution is -2.23. The largest absolute Gasteiger partial charge is 0.497 e. The number of methoxy groups -OCH3 is 1. The molecule has 0 aliphatic rings. The third kappa shape index (κ3) is 4.67. The minimum atomic E-state index is -0.0357. The van der Waals surface area contributed by atoms with Crippen molar-refractivity contribution in [1.29, 1.82) is 0 Å². The summed E-state index contributed by atoms with van der Waals surface area (Å²) in [6, 6.07) is 12.9. The second-order valence-corrected chi connectivity index (χ2v) is 6.10. The number of ether oxygens (including phenoxy) is 2. The smallest absolute Gasteiger partial charge is 0.220 e. The Balaban J connectivity index is 1.39. The van der Waals surface area contributed by atoms with Crippen molar-refractivity contribution in [2.24, 2.45) is 0 Å². The molecule has 3 rings (SSSR count). The third-order valence-corrected chi connectivity index (χ3v) is 4.14. The zero-order valence-corrected chi connectivity index (χ0v) is 15.2. The van der Waals surface area contributed by atoms with Crippen LogP contribution in [0.2, 0.25) is 5.15 Å². The molecule has 1 N–H and O–H groups in total. The number of carbonyl (C=O) groups excluding carboxylic acids is 1. The van der Waals surface area contributed by atoms with Crippen molar-refractivity contribution in [3.8, 4) is 11.5 Å². The van der Waals surface area contributed by atoms with Crippen LogP contribution in [0.15, 0.2) is 48.7 Å². The van der Waals surface area contributed by atoms with Crippen LogP contribution in [0.3, 0.4) is 0 Å². The topological polar surface area (TPSA) is 64.9 Å². The molecule has 136 valence electrons. The number of fused-ring (bicyclic) bond motifs is 1. The maximum Gasteiger partial charge on any atom is 0.220 e. The maximum absolute atomic E-state index is 11.9. The van der Waals surface area contributed by atoms with E-state index in [1.165, 1.54) is 0 Å². The molecule has 1 aromatic carbocycles. The predicted molar refractivity (Wildman–Crippen MR) is 99.8 cm³/mol. The third-order valence-electron chi connectivity index (χ3n) is 3.84. The van der Waals surface area contributed by atoms with Gasteiger partial charge >= 0.3 is 0 Å². The summed E-state index contributed by atoms with van der Waals surface area (Å²) in [5.41, 5.74) is 1.52. The number of carbonyl (C=O) groups is 1. The Hall–Kier alpha value is -2.73. The van der Waals surface area contributed by atoms with Gasteiger partial charge in [-0.05, 0) is 42.8 Å². The van der Waals surface area contributed by atoms with Gasteiger partial charge in [0.15, 0.2) is 0 Å². The van der Waals surface area contributed by atoms with Crippen molar-refractivity contribution in [1.82, 2.24) is 14.7 Å². The van der Waals surface area contributed by atoms with Crippen molar-refractivity contribution in [2.75, 3.05) is 13.7 Å². The van der Waals surface area contributed by atoms with E-state index in [4.69, 9.17) is 21.1 Å². The quantitative estimate of drug-likeness (QED) is 0.485. The summed E-state index contributed by atoms with van der Waals surface area (Å²) in [7, 11) is 1.62. The molecule has 0 saturated heterocycles. The van der Waals surface area contributed by atoms with E-state index < -0.39 is 0 Å². The van der Waals surface area contributed by atoms with Crippen LogP contribution in [-0.4, -0.2) is 29.0 Å². The van der Waals surface area contributed by atoms with Gasteiger partial charge in [0.1, 0.15) is 22.3 Å². The van der Waals surface area contributed by atoms with E-state index >= 15 is 0 Å². The molecule has 0 fully saturated rings. The molecule has 26 heavy (non-hydrogen) atoms. The van der Waals surface area contributed by atoms with Gasteiger partial charge in [0.2, 0.25) is 5.91 Å². The van der Waals surface area contributed by atoms with Crippen molar-refractivity contribution in [3.63, 3.8) is 0 Å². The van der Waals surface area contributed by atoms with Gasteiger partial charge in [-0.15, -0.1) is 0 Å². The SMILES string of the molecule is COc1ccc(OCCCC(=O)NCc2cn3c(Cl)cccc3n2)cc1. The Morgan fingerprint density at radius 1 is 1.19 bits per heavy atom. The van der Waals surface area contributed by atoms with E-state index in [2.05, 4.69) is 10.3 Å². The lowest BCUT2D eigenvalue weighted by molar-refractivity contribution is -0.121. The van der Waals surface area contributed by atoms with E-state index in [0.29, 0.717) is 31.1 Å². The van der Waals surface area contributed by atoms with E-state index in [9.17, 15) is 4.79 Å². The minimum Gasteiger partial charge on any atom is -0.497 e. The lowest BCUT2D eigenvalue weighted by atomic mass is 10.3. The Labute approximate surface area is 156 Å². The first-order chi connectivity index (χ1) is 12.7. The van der Waals surface area contributed by atoms with Crippen LogP contribution in [0.25, 0.3) is 5.65 Å². The summed E-state index contributed by atoms with van der Waals surface area (Å²) in [5, 5.41) is 3.45. The molecular weight excluding hydrogens is 354 g/mol. The lowest BCUT2D eigenvalue weighted by Gasteiger charge is -2.07. The molecule has 0 atom stereocenters. The van der Waals surface area contributed by atoms with Gasteiger partial charge in [0, 0.05) is 12.6 Å². The molecular formula is C19H20ClN3O3. The van der Waals surface area contributed by atoms with Gasteiger partial charge in [0.05, 0.1) is 26.0 Å². The number of hydrogen-bond donors (Lipinski definition) is 1. The van der Waals surface area contributed by atoms with Crippen LogP contribution >= 0.6 is 11.6 Å². The number of amides is 1. The summed E-state index contributed by atoms with van der Waals surface area (Å²) in [4.78, 5) is 16.4. The number of pyridine rings is 1. The highest BCUT2D eigenvalue weighted by Gasteiger charge is 2.06. The van der Waals surface area contributed by atoms with Gasteiger partial charge in [-0.3, -0.25) is 9.20 Å². The molecule has 0 radical (unpaired) electrons. The normalized spacial score (nSPS) is 10.7. The number of nitrogens with one attached hydrogen (secondary N) is 1. The molecule has 3 aromatic rings. The summed E-state index contributed by atoms with van der Waals surface area (Å²) in [5.74, 6) is 1.50. The first-order valence-electron chi connectivity index (χ1n) is 8.32. The number of rotatable bonds is 8. The van der Waals surface area contributed by atoms with Crippen LogP contribution in [0.5, 0.6) is 11.5 Å². The zero-order chi connectivity index (χ0) is 18.4. The van der Waals surface area contributed by atoms with E-state index in [1.807, 2.05) is 42.6 Å². The van der Waals surface area contributed by atoms with Crippen LogP contribution < -0.4 is 14.8 Å². The molecule has 1 amide bonds. The zero-order valence-electron chi connectivity index (χ0n) is 14.4. The number of nitrogens with zero attached hydrogens (tertiary/aromatic N) is 2. The van der Waals surface area contributed by atoms with Crippen LogP contribution in [0, 0.1) is 0 Å². The molecule has 0 aliphatic heterocycles. The summed E-state index contributed by atoms with van der Waals surface area (Å²) < 4.78 is 12.5. The fourth-order valence-corrected chi connectivity index (χ4v) is 2.69. The van der Waals surface area contributed by atoms with Crippen molar-refractivity contribution >= 4 is 23.2 Å². The van der Waals surface area contributed by atoms with E-state index in [0.717, 1.165) is 22.8 Å². The highest BCUT2D eigenvalue weighted by atomic mass is 35.5. The maximum atomic E-state index is 11.9. The number of benzene rings is 1. The fourth-order valence-electron chi connectivity index (χ4n) is 2.48. The van der Waals surface area contributed by atoms with Crippen molar-refractivity contribution in [3.05, 3.63) is 59.5 Å². The standard InChI is InChI=1S/C19H20ClN3O3/c1-25-15-7-9-16(10-8-15)26-11-3-6-19(24)21-12-14-13-23-17(20)4-2-5-18(23)22-14/h2,4-5,7-10,13H,3,6,11-12H2,1H3,(H,21,24). The average molecular weight is 374 g/mol. The molecule has 0 spiro atoms. The van der Waals surface area contributed by atoms with Crippen molar-refractivity contribution in [2.45, 2.75) is 19.4 Å². The molecule has 2 heterocycles. The molecule has 2 aromatic heterocycles. The van der Waals surface area contributed by atoms with Crippen LogP contribution in [0.4, 0.5) is 0 Å². The Kier molecular flexibility index (Phi) is 5.96. The first-order valence-corrected chi connectivity index (χ1v) is 8.69. The number of aromatic nitrogens is 2. The fraction of sp³-hybridized carbons (Fsp3) is 0.263. The van der Waals surface area contributed by atoms with E-state index in [1.54, 1.807) is 17.6 Å². The number of imidazole rings is 1. The molecule has 7 heteroatoms. The summed E-state index contributed by atoms with van der Waals surface area (Å²) >= 11 is 6.10. The molecule has 0 unspecified atom stereocenters. The average Bonchev–Trinajstić information content (AvgIpc) is 3.09. The number of halogens is 1. The number of hydrogen-bond acceptors (Lipinski definition) is 4. The molecule has 0 saturated carbocycles. The van der Waals surface area contributed by atoms with Gasteiger partial charge in [-0.1, -0.05) is 17.7 Å². The monoisotopic (exact) mass is 373 g/mol. The molecule has 0 bridgehead atoms. The molecule has 6 nitrogen and oxygen atoms in total. The summed E-state index contributed by atoms with van der Waals surface area (Å²) in [6.07, 6.45) is 2.85. The van der Waals surface area contributed by atoms with Gasteiger partial charge in [0.25, 0.3) is 0 Å². The Bertz CT molecular complexity index is 877.